The Hall–Kier alpha value is -1.14. The van der Waals surface area contributed by atoms with Crippen molar-refractivity contribution < 1.29 is 4.74 Å². The van der Waals surface area contributed by atoms with Crippen LogP contribution in [0.4, 0.5) is 0 Å². The molecule has 3 rings (SSSR count). The van der Waals surface area contributed by atoms with E-state index in [1.54, 1.807) is 11.3 Å². The summed E-state index contributed by atoms with van der Waals surface area (Å²) in [5, 5.41) is 7.21. The zero-order valence-corrected chi connectivity index (χ0v) is 13.3. The maximum absolute atomic E-state index is 5.85. The average molecular weight is 324 g/mol. The predicted octanol–water partition coefficient (Wildman–Crippen LogP) is 2.78. The standard InChI is InChI=1S/C15H18ClN3OS/c16-12-1-3-14(4-2-12)20-10-15-18-13(11-21-15)9-19-7-5-17-6-8-19/h1-4,11,17H,5-10H2. The van der Waals surface area contributed by atoms with Crippen molar-refractivity contribution in [2.45, 2.75) is 13.2 Å². The minimum atomic E-state index is 0.508. The maximum Gasteiger partial charge on any atom is 0.140 e. The van der Waals surface area contributed by atoms with E-state index in [1.807, 2.05) is 24.3 Å². The van der Waals surface area contributed by atoms with Gasteiger partial charge in [0, 0.05) is 43.1 Å². The highest BCUT2D eigenvalue weighted by molar-refractivity contribution is 7.09. The first kappa shape index (κ1) is 14.8. The molecule has 0 aliphatic carbocycles. The molecule has 1 aromatic heterocycles. The Morgan fingerprint density at radius 3 is 2.76 bits per heavy atom. The lowest BCUT2D eigenvalue weighted by molar-refractivity contribution is 0.230. The van der Waals surface area contributed by atoms with Crippen LogP contribution in [0, 0.1) is 0 Å². The van der Waals surface area contributed by atoms with Gasteiger partial charge >= 0.3 is 0 Å². The lowest BCUT2D eigenvalue weighted by atomic mass is 10.3. The number of hydrogen-bond acceptors (Lipinski definition) is 5. The van der Waals surface area contributed by atoms with Gasteiger partial charge in [0.15, 0.2) is 0 Å². The van der Waals surface area contributed by atoms with Gasteiger partial charge in [0.2, 0.25) is 0 Å². The van der Waals surface area contributed by atoms with Crippen LogP contribution in [0.1, 0.15) is 10.7 Å². The molecule has 6 heteroatoms. The number of rotatable bonds is 5. The summed E-state index contributed by atoms with van der Waals surface area (Å²) >= 11 is 7.51. The monoisotopic (exact) mass is 323 g/mol. The number of ether oxygens (including phenoxy) is 1. The fraction of sp³-hybridized carbons (Fsp3) is 0.400. The quantitative estimate of drug-likeness (QED) is 0.918. The van der Waals surface area contributed by atoms with E-state index in [1.165, 1.54) is 0 Å². The third kappa shape index (κ3) is 4.41. The Morgan fingerprint density at radius 2 is 2.00 bits per heavy atom. The van der Waals surface area contributed by atoms with Crippen LogP contribution in [0.25, 0.3) is 0 Å². The van der Waals surface area contributed by atoms with Crippen LogP contribution in [0.5, 0.6) is 5.75 Å². The number of nitrogens with zero attached hydrogens (tertiary/aromatic N) is 2. The minimum absolute atomic E-state index is 0.508. The predicted molar refractivity (Wildman–Crippen MR) is 86.0 cm³/mol. The van der Waals surface area contributed by atoms with Crippen molar-refractivity contribution in [1.29, 1.82) is 0 Å². The van der Waals surface area contributed by atoms with Gasteiger partial charge < -0.3 is 10.1 Å². The van der Waals surface area contributed by atoms with E-state index < -0.39 is 0 Å². The first-order chi connectivity index (χ1) is 10.3. The van der Waals surface area contributed by atoms with E-state index in [-0.39, 0.29) is 0 Å². The van der Waals surface area contributed by atoms with Crippen molar-refractivity contribution in [1.82, 2.24) is 15.2 Å². The molecule has 21 heavy (non-hydrogen) atoms. The lowest BCUT2D eigenvalue weighted by Crippen LogP contribution is -2.42. The molecule has 2 heterocycles. The molecular formula is C15H18ClN3OS. The number of halogens is 1. The number of hydrogen-bond donors (Lipinski definition) is 1. The summed E-state index contributed by atoms with van der Waals surface area (Å²) in [6.07, 6.45) is 0. The van der Waals surface area contributed by atoms with Gasteiger partial charge in [-0.25, -0.2) is 4.98 Å². The summed E-state index contributed by atoms with van der Waals surface area (Å²) in [6, 6.07) is 7.40. The molecule has 0 spiro atoms. The molecule has 1 aromatic carbocycles. The van der Waals surface area contributed by atoms with Crippen LogP contribution in [0.2, 0.25) is 5.02 Å². The molecule has 0 atom stereocenters. The Labute approximate surface area is 133 Å². The molecule has 1 N–H and O–H groups in total. The fourth-order valence-corrected chi connectivity index (χ4v) is 3.08. The molecule has 0 radical (unpaired) electrons. The largest absolute Gasteiger partial charge is 0.486 e. The lowest BCUT2D eigenvalue weighted by Gasteiger charge is -2.26. The Kier molecular flexibility index (Phi) is 5.08. The topological polar surface area (TPSA) is 37.4 Å². The van der Waals surface area contributed by atoms with E-state index >= 15 is 0 Å². The van der Waals surface area contributed by atoms with Gasteiger partial charge in [0.1, 0.15) is 17.4 Å². The van der Waals surface area contributed by atoms with Crippen LogP contribution in [0.15, 0.2) is 29.6 Å². The van der Waals surface area contributed by atoms with E-state index in [0.29, 0.717) is 6.61 Å². The summed E-state index contributed by atoms with van der Waals surface area (Å²) in [5.74, 6) is 0.818. The third-order valence-corrected chi connectivity index (χ3v) is 4.49. The second kappa shape index (κ2) is 7.22. The molecule has 0 unspecified atom stereocenters. The van der Waals surface area contributed by atoms with E-state index in [2.05, 4.69) is 20.6 Å². The molecular weight excluding hydrogens is 306 g/mol. The summed E-state index contributed by atoms with van der Waals surface area (Å²) in [6.45, 7) is 5.75. The molecule has 1 saturated heterocycles. The second-order valence-electron chi connectivity index (χ2n) is 5.00. The highest BCUT2D eigenvalue weighted by atomic mass is 35.5. The van der Waals surface area contributed by atoms with E-state index in [9.17, 15) is 0 Å². The minimum Gasteiger partial charge on any atom is -0.486 e. The van der Waals surface area contributed by atoms with Crippen LogP contribution in [0.3, 0.4) is 0 Å². The third-order valence-electron chi connectivity index (χ3n) is 3.37. The number of piperazine rings is 1. The van der Waals surface area contributed by atoms with Crippen molar-refractivity contribution in [3.63, 3.8) is 0 Å². The van der Waals surface area contributed by atoms with Gasteiger partial charge in [-0.2, -0.15) is 0 Å². The van der Waals surface area contributed by atoms with Crippen LogP contribution < -0.4 is 10.1 Å². The van der Waals surface area contributed by atoms with E-state index in [0.717, 1.165) is 54.2 Å². The summed E-state index contributed by atoms with van der Waals surface area (Å²) in [4.78, 5) is 7.07. The Morgan fingerprint density at radius 1 is 1.24 bits per heavy atom. The smallest absolute Gasteiger partial charge is 0.140 e. The summed E-state index contributed by atoms with van der Waals surface area (Å²) < 4.78 is 5.72. The molecule has 1 fully saturated rings. The number of aromatic nitrogens is 1. The number of nitrogens with one attached hydrogen (secondary N) is 1. The second-order valence-corrected chi connectivity index (χ2v) is 6.38. The van der Waals surface area contributed by atoms with Gasteiger partial charge in [0.25, 0.3) is 0 Å². The van der Waals surface area contributed by atoms with Gasteiger partial charge in [0.05, 0.1) is 5.69 Å². The van der Waals surface area contributed by atoms with Crippen molar-refractivity contribution >= 4 is 22.9 Å². The maximum atomic E-state index is 5.85. The molecule has 112 valence electrons. The summed E-state index contributed by atoms with van der Waals surface area (Å²) in [7, 11) is 0. The molecule has 0 amide bonds. The molecule has 0 bridgehead atoms. The Balaban J connectivity index is 1.51. The normalized spacial score (nSPS) is 16.0. The molecule has 1 aliphatic rings. The SMILES string of the molecule is Clc1ccc(OCc2nc(CN3CCNCC3)cs2)cc1. The van der Waals surface area contributed by atoms with Crippen LogP contribution in [-0.4, -0.2) is 36.1 Å². The van der Waals surface area contributed by atoms with Crippen LogP contribution in [-0.2, 0) is 13.2 Å². The van der Waals surface area contributed by atoms with E-state index in [4.69, 9.17) is 16.3 Å². The zero-order valence-electron chi connectivity index (χ0n) is 11.7. The highest BCUT2D eigenvalue weighted by Gasteiger charge is 2.12. The van der Waals surface area contributed by atoms with Crippen molar-refractivity contribution in [2.75, 3.05) is 26.2 Å². The number of benzene rings is 1. The van der Waals surface area contributed by atoms with Gasteiger partial charge in [-0.3, -0.25) is 4.90 Å². The first-order valence-electron chi connectivity index (χ1n) is 7.04. The zero-order chi connectivity index (χ0) is 14.5. The summed E-state index contributed by atoms with van der Waals surface area (Å²) in [5.41, 5.74) is 1.14. The average Bonchev–Trinajstić information content (AvgIpc) is 2.95. The number of thiazole rings is 1. The van der Waals surface area contributed by atoms with Gasteiger partial charge in [-0.05, 0) is 24.3 Å². The molecule has 0 saturated carbocycles. The fourth-order valence-electron chi connectivity index (χ4n) is 2.26. The highest BCUT2D eigenvalue weighted by Crippen LogP contribution is 2.18. The van der Waals surface area contributed by atoms with Crippen LogP contribution >= 0.6 is 22.9 Å². The molecule has 4 nitrogen and oxygen atoms in total. The van der Waals surface area contributed by atoms with Crippen molar-refractivity contribution in [2.24, 2.45) is 0 Å². The van der Waals surface area contributed by atoms with Crippen molar-refractivity contribution in [3.8, 4) is 5.75 Å². The first-order valence-corrected chi connectivity index (χ1v) is 8.30. The van der Waals surface area contributed by atoms with Crippen molar-refractivity contribution in [3.05, 3.63) is 45.4 Å². The van der Waals surface area contributed by atoms with Gasteiger partial charge in [-0.15, -0.1) is 11.3 Å². The molecule has 1 aliphatic heterocycles. The molecule has 2 aromatic rings. The Bertz CT molecular complexity index is 567. The van der Waals surface area contributed by atoms with Gasteiger partial charge in [-0.1, -0.05) is 11.6 Å².